The van der Waals surface area contributed by atoms with Crippen LogP contribution in [0, 0.1) is 0 Å². The summed E-state index contributed by atoms with van der Waals surface area (Å²) in [5.41, 5.74) is -56.2. The molecule has 0 aliphatic rings. The van der Waals surface area contributed by atoms with Gasteiger partial charge in [0.2, 0.25) is 62.6 Å². The summed E-state index contributed by atoms with van der Waals surface area (Å²) < 4.78 is 566. The van der Waals surface area contributed by atoms with E-state index in [9.17, 15) is 180 Å². The van der Waals surface area contributed by atoms with Crippen LogP contribution in [-0.2, 0) is 28.4 Å². The normalized spacial score (nSPS) is 18.9. The number of allylic oxidation sites excluding steroid dienone is 8. The molecule has 0 heterocycles. The lowest BCUT2D eigenvalue weighted by Gasteiger charge is -2.37. The summed E-state index contributed by atoms with van der Waals surface area (Å²) in [6, 6.07) is 0. The molecule has 91 heavy (non-hydrogen) atoms. The molecule has 8 atom stereocenters. The van der Waals surface area contributed by atoms with E-state index in [4.69, 9.17) is 0 Å². The van der Waals surface area contributed by atoms with Gasteiger partial charge in [0.15, 0.2) is 0 Å². The second-order valence-corrected chi connectivity index (χ2v) is 18.9. The molecule has 544 valence electrons. The van der Waals surface area contributed by atoms with E-state index >= 15 is 0 Å². The lowest BCUT2D eigenvalue weighted by atomic mass is 9.83. The van der Waals surface area contributed by atoms with Crippen molar-refractivity contribution in [3.05, 3.63) is 45.3 Å². The Morgan fingerprint density at radius 1 is 0.209 bits per heavy atom. The van der Waals surface area contributed by atoms with Crippen molar-refractivity contribution < 1.29 is 208 Å². The monoisotopic (exact) mass is 1450 g/mol. The Morgan fingerprint density at radius 3 is 0.473 bits per heavy atom. The van der Waals surface area contributed by atoms with Crippen molar-refractivity contribution >= 4 is 0 Å². The molecule has 0 aliphatic heterocycles. The molecule has 0 bridgehead atoms. The maximum atomic E-state index is 14.5. The third-order valence-corrected chi connectivity index (χ3v) is 11.5. The molecule has 0 rings (SSSR count). The largest absolute Gasteiger partial charge is 0.494 e. The summed E-state index contributed by atoms with van der Waals surface area (Å²) in [6.45, 7) is -13.3. The number of hydrogen-bond acceptors (Lipinski definition) is 6. The van der Waals surface area contributed by atoms with E-state index in [1.165, 1.54) is 0 Å². The zero-order valence-electron chi connectivity index (χ0n) is 46.7. The molecule has 0 radical (unpaired) electrons. The third kappa shape index (κ3) is 21.4. The fourth-order valence-corrected chi connectivity index (χ4v) is 6.59. The van der Waals surface area contributed by atoms with Crippen molar-refractivity contribution in [2.24, 2.45) is 0 Å². The van der Waals surface area contributed by atoms with Gasteiger partial charge in [-0.25, -0.2) is 35.1 Å². The summed E-state index contributed by atoms with van der Waals surface area (Å²) in [6.07, 6.45) is -69.6. The zero-order chi connectivity index (χ0) is 74.6. The van der Waals surface area contributed by atoms with Crippen LogP contribution in [0.25, 0.3) is 0 Å². The fourth-order valence-electron chi connectivity index (χ4n) is 6.59. The van der Waals surface area contributed by atoms with E-state index in [0.717, 1.165) is 14.2 Å². The highest BCUT2D eigenvalue weighted by molar-refractivity contribution is 5.38. The highest BCUT2D eigenvalue weighted by Crippen LogP contribution is 2.58. The van der Waals surface area contributed by atoms with Crippen molar-refractivity contribution in [2.75, 3.05) is 53.9 Å². The van der Waals surface area contributed by atoms with Gasteiger partial charge >= 0.3 is 67.9 Å². The minimum Gasteiger partial charge on any atom is -0.494 e. The first-order chi connectivity index (χ1) is 39.1. The molecule has 6 nitrogen and oxygen atoms in total. The molecular weight excluding hydrogens is 1400 g/mol. The second kappa shape index (κ2) is 28.7. The van der Waals surface area contributed by atoms with Gasteiger partial charge in [-0.3, -0.25) is 0 Å². The number of methoxy groups -OCH3 is 2. The smallest absolute Gasteiger partial charge is 0.449 e. The fraction of sp³-hybridized carbons (Fsp3) is 0.818. The molecule has 0 amide bonds. The Bertz CT molecular complexity index is 2270. The van der Waals surface area contributed by atoms with Crippen molar-refractivity contribution in [1.82, 2.24) is 0 Å². The summed E-state index contributed by atoms with van der Waals surface area (Å²) >= 11 is 0. The van der Waals surface area contributed by atoms with Gasteiger partial charge in [0.05, 0.1) is 41.3 Å². The van der Waals surface area contributed by atoms with Crippen LogP contribution in [0.5, 0.6) is 0 Å². The number of rotatable bonds is 21. The van der Waals surface area contributed by atoms with Crippen molar-refractivity contribution in [1.29, 1.82) is 0 Å². The Balaban J connectivity index is -0.00000134. The molecule has 0 spiro atoms. The van der Waals surface area contributed by atoms with Crippen LogP contribution in [0.4, 0.5) is 180 Å². The van der Waals surface area contributed by atoms with Crippen LogP contribution in [0.3, 0.4) is 0 Å². The molecule has 0 aromatic rings. The van der Waals surface area contributed by atoms with Gasteiger partial charge in [-0.1, -0.05) is 0 Å². The average molecular weight is 1450 g/mol. The predicted octanol–water partition coefficient (Wildman–Crippen LogP) is 19.4. The standard InChI is InChI=1S/C20H19F19O2.2C12H13F11O2/c1-8(9(12(2,21)17(28,29)30)13(3,22)18(31,32)33)40-6-7-41-11(16(25,26)27)10(14(4,23)19(34,35)36)15(5,24)20(37,38)39;2*1-8(13,11(18,19)20)6(9(2,14)12(21,22)23)7(10(15,16)17)25-5-4-24-3/h6-7H2,1-5H3;2*4-5H2,1-3H3. The van der Waals surface area contributed by atoms with Crippen LogP contribution in [0.1, 0.15) is 62.3 Å². The summed E-state index contributed by atoms with van der Waals surface area (Å²) in [5.74, 6) is -11.6. The molecule has 0 saturated carbocycles. The molecule has 0 N–H and O–H groups in total. The molecule has 47 heteroatoms. The first-order valence-electron chi connectivity index (χ1n) is 22.9. The van der Waals surface area contributed by atoms with Gasteiger partial charge in [-0.05, 0) is 62.3 Å². The molecular formula is C44H45F41O6. The first kappa shape index (κ1) is 90.4. The Labute approximate surface area is 483 Å². The molecule has 8 unspecified atom stereocenters. The van der Waals surface area contributed by atoms with E-state index < -0.39 is 254 Å². The summed E-state index contributed by atoms with van der Waals surface area (Å²) in [5, 5.41) is 0. The lowest BCUT2D eigenvalue weighted by Crippen LogP contribution is -2.53. The van der Waals surface area contributed by atoms with E-state index in [1.54, 1.807) is 0 Å². The molecule has 0 fully saturated rings. The minimum absolute atomic E-state index is 0.0545. The molecule has 0 aromatic heterocycles. The number of alkyl halides is 41. The number of ether oxygens (including phenoxy) is 6. The zero-order valence-corrected chi connectivity index (χ0v) is 46.7. The Hall–Kier alpha value is -4.79. The SMILES string of the molecule is CC(OCCOC(=C(C(C)(F)C(F)(F)F)C(C)(F)C(F)(F)F)C(F)(F)F)=C(C(C)(F)C(F)(F)F)C(C)(F)C(F)(F)F.COCCOC(=C(C(C)(F)C(F)(F)F)C(C)(F)C(F)(F)F)C(F)(F)F.COCCOC(=C(C(C)(F)C(F)(F)F)C(C)(F)C(F)(F)F)C(F)(F)F. The Morgan fingerprint density at radius 2 is 0.341 bits per heavy atom. The van der Waals surface area contributed by atoms with Gasteiger partial charge in [0, 0.05) is 14.2 Å². The highest BCUT2D eigenvalue weighted by atomic mass is 19.5. The molecule has 0 saturated heterocycles. The van der Waals surface area contributed by atoms with Gasteiger partial charge < -0.3 is 28.4 Å². The maximum absolute atomic E-state index is 14.5. The van der Waals surface area contributed by atoms with E-state index in [2.05, 4.69) is 28.4 Å². The molecule has 0 aromatic carbocycles. The molecule has 0 aliphatic carbocycles. The van der Waals surface area contributed by atoms with Crippen LogP contribution < -0.4 is 0 Å². The Kier molecular flexibility index (Phi) is 28.5. The van der Waals surface area contributed by atoms with Crippen LogP contribution in [-0.4, -0.2) is 167 Å². The van der Waals surface area contributed by atoms with Crippen molar-refractivity contribution in [3.63, 3.8) is 0 Å². The highest BCUT2D eigenvalue weighted by Gasteiger charge is 2.74. The summed E-state index contributed by atoms with van der Waals surface area (Å²) in [7, 11) is 1.87. The van der Waals surface area contributed by atoms with Crippen LogP contribution in [0.2, 0.25) is 0 Å². The van der Waals surface area contributed by atoms with Crippen molar-refractivity contribution in [2.45, 2.75) is 176 Å². The van der Waals surface area contributed by atoms with E-state index in [-0.39, 0.29) is 6.92 Å². The second-order valence-electron chi connectivity index (χ2n) is 18.9. The van der Waals surface area contributed by atoms with Gasteiger partial charge in [-0.2, -0.15) is 145 Å². The first-order valence-corrected chi connectivity index (χ1v) is 22.9. The van der Waals surface area contributed by atoms with Crippen LogP contribution >= 0.6 is 0 Å². The number of halogens is 41. The van der Waals surface area contributed by atoms with E-state index in [1.807, 2.05) is 0 Å². The van der Waals surface area contributed by atoms with Gasteiger partial charge in [0.25, 0.3) is 0 Å². The van der Waals surface area contributed by atoms with E-state index in [0.29, 0.717) is 0 Å². The third-order valence-electron chi connectivity index (χ3n) is 11.5. The van der Waals surface area contributed by atoms with Crippen molar-refractivity contribution in [3.8, 4) is 0 Å². The topological polar surface area (TPSA) is 55.4 Å². The average Bonchev–Trinajstić information content (AvgIpc) is 3.25. The predicted molar refractivity (Wildman–Crippen MR) is 224 cm³/mol. The maximum Gasteiger partial charge on any atom is 0.449 e. The summed E-state index contributed by atoms with van der Waals surface area (Å²) in [4.78, 5) is 0. The minimum atomic E-state index is -6.64. The quantitative estimate of drug-likeness (QED) is 0.0648. The van der Waals surface area contributed by atoms with Crippen LogP contribution in [0.15, 0.2) is 45.3 Å². The number of hydrogen-bond donors (Lipinski definition) is 0. The van der Waals surface area contributed by atoms with Gasteiger partial charge in [-0.15, -0.1) is 0 Å². The lowest BCUT2D eigenvalue weighted by molar-refractivity contribution is -0.249. The van der Waals surface area contributed by atoms with Gasteiger partial charge in [0.1, 0.15) is 26.4 Å².